The molecule has 0 bridgehead atoms. The third kappa shape index (κ3) is 5.99. The number of nitrogen functional groups attached to an aromatic ring is 1. The monoisotopic (exact) mass is 645 g/mol. The zero-order chi connectivity index (χ0) is 34.5. The van der Waals surface area contributed by atoms with Gasteiger partial charge in [-0.1, -0.05) is 128 Å². The van der Waals surface area contributed by atoms with Crippen LogP contribution in [0.5, 0.6) is 0 Å². The van der Waals surface area contributed by atoms with E-state index >= 15 is 0 Å². The van der Waals surface area contributed by atoms with Gasteiger partial charge in [-0.2, -0.15) is 0 Å². The molecule has 0 saturated carbocycles. The molecule has 3 nitrogen and oxygen atoms in total. The highest BCUT2D eigenvalue weighted by Gasteiger charge is 2.26. The van der Waals surface area contributed by atoms with Gasteiger partial charge in [-0.25, -0.2) is 0 Å². The van der Waals surface area contributed by atoms with Gasteiger partial charge < -0.3 is 15.2 Å². The molecule has 1 aromatic heterocycles. The summed E-state index contributed by atoms with van der Waals surface area (Å²) in [5.74, 6) is 0. The Labute approximate surface area is 294 Å². The molecule has 1 aliphatic heterocycles. The Hall–Kier alpha value is -6.54. The van der Waals surface area contributed by atoms with Gasteiger partial charge in [0, 0.05) is 46.0 Å². The van der Waals surface area contributed by atoms with Gasteiger partial charge in [0.15, 0.2) is 0 Å². The van der Waals surface area contributed by atoms with Crippen LogP contribution in [-0.4, -0.2) is 4.57 Å². The Bertz CT molecular complexity index is 2490. The summed E-state index contributed by atoms with van der Waals surface area (Å²) in [5.41, 5.74) is 19.9. The fraction of sp³-hybridized carbons (Fsp3) is 0.0426. The fourth-order valence-corrected chi connectivity index (χ4v) is 6.87. The summed E-state index contributed by atoms with van der Waals surface area (Å²) >= 11 is 0. The van der Waals surface area contributed by atoms with E-state index in [0.29, 0.717) is 0 Å². The number of benzene rings is 5. The number of nitrogens with zero attached hydrogens (tertiary/aromatic N) is 2. The lowest BCUT2D eigenvalue weighted by Gasteiger charge is -2.29. The average Bonchev–Trinajstić information content (AvgIpc) is 3.78. The summed E-state index contributed by atoms with van der Waals surface area (Å²) in [7, 11) is 0. The van der Waals surface area contributed by atoms with Gasteiger partial charge >= 0.3 is 0 Å². The summed E-state index contributed by atoms with van der Waals surface area (Å²) in [4.78, 5) is 2.28. The highest BCUT2D eigenvalue weighted by Crippen LogP contribution is 2.48. The smallest absolute Gasteiger partial charge is 0.0795 e. The SMILES string of the molecule is C=C/C=C(\C=CC)N1/C=C\C=C/C(=C)c2c1c1c(c3ccccc23)c2ccccc2n1-c1ccccc1.Nc1ccccc1CC1=C=CC=C1. The molecule has 0 radical (unpaired) electrons. The van der Waals surface area contributed by atoms with Gasteiger partial charge in [0.1, 0.15) is 0 Å². The summed E-state index contributed by atoms with van der Waals surface area (Å²) in [6.45, 7) is 10.6. The van der Waals surface area contributed by atoms with Crippen molar-refractivity contribution in [3.8, 4) is 5.69 Å². The van der Waals surface area contributed by atoms with Crippen molar-refractivity contribution in [2.45, 2.75) is 13.3 Å². The molecule has 0 fully saturated rings. The van der Waals surface area contributed by atoms with E-state index in [1.54, 1.807) is 0 Å². The Morgan fingerprint density at radius 3 is 2.26 bits per heavy atom. The van der Waals surface area contributed by atoms with Crippen LogP contribution in [0.4, 0.5) is 11.4 Å². The topological polar surface area (TPSA) is 34.2 Å². The standard InChI is InChI=1S/C35H28N2.C12H11N/c1-4-15-26(16-5-2)36-24-14-13-17-25(3)32-28-20-9-10-21-29(28)33-30-22-11-12-23-31(30)37(35(33)34(32)36)27-18-7-6-8-19-27;13-12-8-4-3-7-11(12)9-10-5-1-2-6-10/h4-24H,1,3H2,2H3;1-5,7-8H,9,13H2/b16-5?,17-13-,24-14-,26-15+;. The Morgan fingerprint density at radius 2 is 1.52 bits per heavy atom. The highest BCUT2D eigenvalue weighted by atomic mass is 15.2. The number of aromatic nitrogens is 1. The molecule has 1 aliphatic carbocycles. The minimum absolute atomic E-state index is 0.858. The van der Waals surface area contributed by atoms with Crippen molar-refractivity contribution in [2.24, 2.45) is 0 Å². The molecule has 8 rings (SSSR count). The van der Waals surface area contributed by atoms with Crippen LogP contribution in [0.2, 0.25) is 0 Å². The zero-order valence-corrected chi connectivity index (χ0v) is 28.3. The van der Waals surface area contributed by atoms with Crippen LogP contribution in [0.25, 0.3) is 43.8 Å². The third-order valence-corrected chi connectivity index (χ3v) is 9.02. The number of nitrogens with two attached hydrogens (primary N) is 1. The van der Waals surface area contributed by atoms with Crippen LogP contribution in [0.3, 0.4) is 0 Å². The second-order valence-electron chi connectivity index (χ2n) is 12.2. The first-order valence-corrected chi connectivity index (χ1v) is 16.9. The van der Waals surface area contributed by atoms with Crippen LogP contribution in [0.15, 0.2) is 200 Å². The Kier molecular flexibility index (Phi) is 9.16. The molecule has 0 spiro atoms. The maximum atomic E-state index is 5.82. The van der Waals surface area contributed by atoms with Gasteiger partial charge in [-0.05, 0) is 83.0 Å². The maximum Gasteiger partial charge on any atom is 0.0795 e. The van der Waals surface area contributed by atoms with Gasteiger partial charge in [-0.3, -0.25) is 0 Å². The lowest BCUT2D eigenvalue weighted by molar-refractivity contribution is 1.15. The molecule has 0 unspecified atom stereocenters. The number of anilines is 2. The summed E-state index contributed by atoms with van der Waals surface area (Å²) in [6.07, 6.45) is 23.3. The van der Waals surface area contributed by atoms with E-state index in [4.69, 9.17) is 5.73 Å². The minimum Gasteiger partial charge on any atom is -0.398 e. The highest BCUT2D eigenvalue weighted by molar-refractivity contribution is 6.28. The predicted octanol–water partition coefficient (Wildman–Crippen LogP) is 11.9. The van der Waals surface area contributed by atoms with Crippen molar-refractivity contribution in [2.75, 3.05) is 10.6 Å². The minimum atomic E-state index is 0.858. The normalized spacial score (nSPS) is 15.1. The fourth-order valence-electron chi connectivity index (χ4n) is 6.87. The first-order valence-electron chi connectivity index (χ1n) is 16.9. The third-order valence-electron chi connectivity index (χ3n) is 9.02. The van der Waals surface area contributed by atoms with Gasteiger partial charge in [0.2, 0.25) is 0 Å². The van der Waals surface area contributed by atoms with Gasteiger partial charge in [0.25, 0.3) is 0 Å². The van der Waals surface area contributed by atoms with Crippen LogP contribution in [-0.2, 0) is 6.42 Å². The number of rotatable bonds is 6. The van der Waals surface area contributed by atoms with Crippen molar-refractivity contribution >= 4 is 49.5 Å². The first kappa shape index (κ1) is 32.0. The molecular formula is C47H39N3. The second-order valence-corrected chi connectivity index (χ2v) is 12.2. The van der Waals surface area contributed by atoms with E-state index in [2.05, 4.69) is 162 Å². The first-order chi connectivity index (χ1) is 24.6. The number of para-hydroxylation sites is 3. The summed E-state index contributed by atoms with van der Waals surface area (Å²) in [6, 6.07) is 36.0. The molecule has 0 atom stereocenters. The van der Waals surface area contributed by atoms with Crippen molar-refractivity contribution in [1.82, 2.24) is 4.57 Å². The average molecular weight is 646 g/mol. The molecule has 0 amide bonds. The molecule has 242 valence electrons. The summed E-state index contributed by atoms with van der Waals surface area (Å²) in [5, 5.41) is 4.88. The zero-order valence-electron chi connectivity index (χ0n) is 28.3. The molecule has 50 heavy (non-hydrogen) atoms. The molecule has 2 N–H and O–H groups in total. The van der Waals surface area contributed by atoms with Crippen molar-refractivity contribution in [1.29, 1.82) is 0 Å². The largest absolute Gasteiger partial charge is 0.398 e. The maximum absolute atomic E-state index is 5.82. The number of hydrogen-bond donors (Lipinski definition) is 1. The van der Waals surface area contributed by atoms with E-state index < -0.39 is 0 Å². The van der Waals surface area contributed by atoms with Crippen LogP contribution in [0, 0.1) is 0 Å². The van der Waals surface area contributed by atoms with E-state index in [1.807, 2.05) is 43.4 Å². The van der Waals surface area contributed by atoms with Crippen molar-refractivity contribution in [3.63, 3.8) is 0 Å². The number of hydrogen-bond acceptors (Lipinski definition) is 2. The molecule has 0 saturated heterocycles. The molecule has 6 aromatic rings. The molecule has 5 aromatic carbocycles. The van der Waals surface area contributed by atoms with E-state index in [0.717, 1.165) is 45.8 Å². The van der Waals surface area contributed by atoms with E-state index in [-0.39, 0.29) is 0 Å². The molecule has 2 heterocycles. The molecule has 2 aliphatic rings. The van der Waals surface area contributed by atoms with E-state index in [9.17, 15) is 0 Å². The number of fused-ring (bicyclic) bond motifs is 8. The van der Waals surface area contributed by atoms with Crippen molar-refractivity contribution < 1.29 is 0 Å². The quantitative estimate of drug-likeness (QED) is 0.111. The van der Waals surface area contributed by atoms with E-state index in [1.165, 1.54) is 38.2 Å². The second kappa shape index (κ2) is 14.3. The lowest BCUT2D eigenvalue weighted by Crippen LogP contribution is -2.18. The Morgan fingerprint density at radius 1 is 0.800 bits per heavy atom. The van der Waals surface area contributed by atoms with Crippen LogP contribution in [0.1, 0.15) is 18.1 Å². The van der Waals surface area contributed by atoms with Gasteiger partial charge in [-0.15, -0.1) is 5.73 Å². The van der Waals surface area contributed by atoms with Crippen LogP contribution < -0.4 is 10.6 Å². The van der Waals surface area contributed by atoms with Crippen LogP contribution >= 0.6 is 0 Å². The predicted molar refractivity (Wildman–Crippen MR) is 216 cm³/mol. The molecule has 3 heteroatoms. The summed E-state index contributed by atoms with van der Waals surface area (Å²) < 4.78 is 2.40. The van der Waals surface area contributed by atoms with Gasteiger partial charge in [0.05, 0.1) is 16.7 Å². The Balaban J connectivity index is 0.000000253. The number of allylic oxidation sites excluding steroid dienone is 11. The lowest BCUT2D eigenvalue weighted by atomic mass is 9.91. The molecular weight excluding hydrogens is 607 g/mol. The van der Waals surface area contributed by atoms with Crippen molar-refractivity contribution in [3.05, 3.63) is 211 Å².